The highest BCUT2D eigenvalue weighted by molar-refractivity contribution is 5.94. The van der Waals surface area contributed by atoms with Crippen molar-refractivity contribution >= 4 is 11.9 Å². The molecule has 0 atom stereocenters. The number of hydrogen-bond donors (Lipinski definition) is 3. The lowest BCUT2D eigenvalue weighted by Gasteiger charge is -2.25. The number of carboxylic acid groups (broad SMARTS) is 1. The van der Waals surface area contributed by atoms with Crippen molar-refractivity contribution in [3.63, 3.8) is 0 Å². The molecule has 1 heterocycles. The summed E-state index contributed by atoms with van der Waals surface area (Å²) in [5, 5.41) is 11.3. The van der Waals surface area contributed by atoms with Gasteiger partial charge in [0.25, 0.3) is 11.5 Å². The van der Waals surface area contributed by atoms with Gasteiger partial charge in [-0.05, 0) is 39.3 Å². The summed E-state index contributed by atoms with van der Waals surface area (Å²) in [5.41, 5.74) is -0.445. The van der Waals surface area contributed by atoms with Crippen molar-refractivity contribution in [3.05, 3.63) is 33.7 Å². The second-order valence-corrected chi connectivity index (χ2v) is 5.12. The predicted octanol–water partition coefficient (Wildman–Crippen LogP) is 1.06. The van der Waals surface area contributed by atoms with Gasteiger partial charge in [0.05, 0.1) is 0 Å². The van der Waals surface area contributed by atoms with E-state index in [1.54, 1.807) is 26.8 Å². The maximum atomic E-state index is 12.0. The van der Waals surface area contributed by atoms with Crippen LogP contribution in [0.1, 0.15) is 42.7 Å². The van der Waals surface area contributed by atoms with Crippen molar-refractivity contribution in [2.24, 2.45) is 0 Å². The van der Waals surface area contributed by atoms with Crippen LogP contribution in [0, 0.1) is 6.92 Å². The normalized spacial score (nSPS) is 11.1. The fraction of sp³-hybridized carbons (Fsp3) is 0.462. The summed E-state index contributed by atoms with van der Waals surface area (Å²) in [5.74, 6) is -1.42. The number of pyridine rings is 1. The van der Waals surface area contributed by atoms with E-state index in [-0.39, 0.29) is 18.4 Å². The number of carbonyl (C=O) groups excluding carboxylic acids is 1. The van der Waals surface area contributed by atoms with E-state index in [0.717, 1.165) is 0 Å². The minimum atomic E-state index is -0.921. The molecule has 0 unspecified atom stereocenters. The van der Waals surface area contributed by atoms with Gasteiger partial charge in [-0.1, -0.05) is 0 Å². The van der Waals surface area contributed by atoms with Crippen LogP contribution in [0.15, 0.2) is 16.9 Å². The zero-order valence-electron chi connectivity index (χ0n) is 11.2. The van der Waals surface area contributed by atoms with Gasteiger partial charge in [-0.15, -0.1) is 0 Å². The highest BCUT2D eigenvalue weighted by atomic mass is 16.4. The van der Waals surface area contributed by atoms with Crippen molar-refractivity contribution in [1.82, 2.24) is 10.3 Å². The average molecular weight is 266 g/mol. The van der Waals surface area contributed by atoms with Gasteiger partial charge in [-0.3, -0.25) is 14.4 Å². The molecule has 0 aliphatic carbocycles. The van der Waals surface area contributed by atoms with Crippen LogP contribution in [0.5, 0.6) is 0 Å². The smallest absolute Gasteiger partial charge is 0.303 e. The van der Waals surface area contributed by atoms with Gasteiger partial charge in [0.2, 0.25) is 0 Å². The number of aryl methyl sites for hydroxylation is 1. The Bertz CT molecular complexity index is 546. The number of carbonyl (C=O) groups is 2. The Morgan fingerprint density at radius 1 is 1.37 bits per heavy atom. The lowest BCUT2D eigenvalue weighted by Crippen LogP contribution is -2.45. The first kappa shape index (κ1) is 14.9. The minimum absolute atomic E-state index is 0.0222. The molecule has 0 fully saturated rings. The fourth-order valence-electron chi connectivity index (χ4n) is 1.61. The molecule has 0 saturated carbocycles. The van der Waals surface area contributed by atoms with Gasteiger partial charge in [0.15, 0.2) is 0 Å². The van der Waals surface area contributed by atoms with Gasteiger partial charge in [0, 0.05) is 17.7 Å². The van der Waals surface area contributed by atoms with Crippen molar-refractivity contribution in [1.29, 1.82) is 0 Å². The molecule has 6 nitrogen and oxygen atoms in total. The molecule has 0 radical (unpaired) electrons. The fourth-order valence-corrected chi connectivity index (χ4v) is 1.61. The minimum Gasteiger partial charge on any atom is -0.481 e. The van der Waals surface area contributed by atoms with E-state index in [1.807, 2.05) is 0 Å². The van der Waals surface area contributed by atoms with E-state index in [1.165, 1.54) is 6.07 Å². The molecule has 1 amide bonds. The van der Waals surface area contributed by atoms with Gasteiger partial charge in [-0.2, -0.15) is 0 Å². The molecule has 6 heteroatoms. The van der Waals surface area contributed by atoms with Crippen LogP contribution >= 0.6 is 0 Å². The van der Waals surface area contributed by atoms with Crippen LogP contribution in [0.25, 0.3) is 0 Å². The number of aliphatic carboxylic acids is 1. The molecule has 1 rings (SSSR count). The quantitative estimate of drug-likeness (QED) is 0.741. The van der Waals surface area contributed by atoms with Crippen LogP contribution in [-0.4, -0.2) is 27.5 Å². The molecule has 104 valence electrons. The van der Waals surface area contributed by atoms with E-state index in [4.69, 9.17) is 5.11 Å². The van der Waals surface area contributed by atoms with E-state index in [9.17, 15) is 14.4 Å². The summed E-state index contributed by atoms with van der Waals surface area (Å²) in [6.07, 6.45) is 0.245. The summed E-state index contributed by atoms with van der Waals surface area (Å²) in [7, 11) is 0. The maximum absolute atomic E-state index is 12.0. The highest BCUT2D eigenvalue weighted by Crippen LogP contribution is 2.12. The van der Waals surface area contributed by atoms with Gasteiger partial charge in [0.1, 0.15) is 5.56 Å². The maximum Gasteiger partial charge on any atom is 0.303 e. The number of aromatic amines is 1. The Morgan fingerprint density at radius 3 is 2.53 bits per heavy atom. The Morgan fingerprint density at radius 2 is 2.00 bits per heavy atom. The Balaban J connectivity index is 2.78. The molecule has 0 saturated heterocycles. The summed E-state index contributed by atoms with van der Waals surface area (Å²) in [6.45, 7) is 5.16. The molecule has 0 aliphatic heterocycles. The third kappa shape index (κ3) is 4.57. The number of hydrogen-bond acceptors (Lipinski definition) is 3. The highest BCUT2D eigenvalue weighted by Gasteiger charge is 2.23. The van der Waals surface area contributed by atoms with Crippen molar-refractivity contribution < 1.29 is 14.7 Å². The summed E-state index contributed by atoms with van der Waals surface area (Å²) in [4.78, 5) is 36.7. The van der Waals surface area contributed by atoms with Gasteiger partial charge < -0.3 is 15.4 Å². The molecule has 0 aromatic carbocycles. The number of amides is 1. The van der Waals surface area contributed by atoms with E-state index >= 15 is 0 Å². The first-order chi connectivity index (χ1) is 8.71. The first-order valence-electron chi connectivity index (χ1n) is 5.95. The number of H-pyrrole nitrogens is 1. The first-order valence-corrected chi connectivity index (χ1v) is 5.95. The van der Waals surface area contributed by atoms with Crippen LogP contribution in [-0.2, 0) is 4.79 Å². The molecule has 0 aliphatic rings. The largest absolute Gasteiger partial charge is 0.481 e. The van der Waals surface area contributed by atoms with Gasteiger partial charge >= 0.3 is 5.97 Å². The Kier molecular flexibility index (Phi) is 4.47. The molecule has 3 N–H and O–H groups in total. The lowest BCUT2D eigenvalue weighted by molar-refractivity contribution is -0.137. The van der Waals surface area contributed by atoms with Crippen LogP contribution in [0.2, 0.25) is 0 Å². The second kappa shape index (κ2) is 5.69. The van der Waals surface area contributed by atoms with E-state index in [2.05, 4.69) is 10.3 Å². The zero-order chi connectivity index (χ0) is 14.6. The predicted molar refractivity (Wildman–Crippen MR) is 70.2 cm³/mol. The molecule has 1 aromatic heterocycles. The van der Waals surface area contributed by atoms with Crippen molar-refractivity contribution in [3.8, 4) is 0 Å². The molecular formula is C13H18N2O4. The van der Waals surface area contributed by atoms with Crippen LogP contribution in [0.4, 0.5) is 0 Å². The standard InChI is InChI=1S/C13H18N2O4/c1-8-4-5-9(11(18)14-8)12(19)15-13(2,3)7-6-10(16)17/h4-5H,6-7H2,1-3H3,(H,14,18)(H,15,19)(H,16,17). The molecule has 0 spiro atoms. The van der Waals surface area contributed by atoms with E-state index < -0.39 is 23.0 Å². The Labute approximate surface area is 110 Å². The second-order valence-electron chi connectivity index (χ2n) is 5.12. The lowest BCUT2D eigenvalue weighted by atomic mass is 9.98. The molecule has 0 bridgehead atoms. The van der Waals surface area contributed by atoms with Crippen molar-refractivity contribution in [2.75, 3.05) is 0 Å². The summed E-state index contributed by atoms with van der Waals surface area (Å²) >= 11 is 0. The summed E-state index contributed by atoms with van der Waals surface area (Å²) < 4.78 is 0. The topological polar surface area (TPSA) is 99.3 Å². The zero-order valence-corrected chi connectivity index (χ0v) is 11.2. The summed E-state index contributed by atoms with van der Waals surface area (Å²) in [6, 6.07) is 3.09. The monoisotopic (exact) mass is 266 g/mol. The molecular weight excluding hydrogens is 248 g/mol. The number of nitrogens with one attached hydrogen (secondary N) is 2. The van der Waals surface area contributed by atoms with Crippen LogP contribution < -0.4 is 10.9 Å². The van der Waals surface area contributed by atoms with Crippen LogP contribution in [0.3, 0.4) is 0 Å². The number of carboxylic acids is 1. The van der Waals surface area contributed by atoms with E-state index in [0.29, 0.717) is 5.69 Å². The average Bonchev–Trinajstić information content (AvgIpc) is 2.25. The van der Waals surface area contributed by atoms with Gasteiger partial charge in [-0.25, -0.2) is 0 Å². The molecule has 1 aromatic rings. The van der Waals surface area contributed by atoms with Crippen molar-refractivity contribution in [2.45, 2.75) is 39.2 Å². The third-order valence-corrected chi connectivity index (χ3v) is 2.72. The Hall–Kier alpha value is -2.11. The SMILES string of the molecule is Cc1ccc(C(=O)NC(C)(C)CCC(=O)O)c(=O)[nH]1. The molecule has 19 heavy (non-hydrogen) atoms. The number of aromatic nitrogens is 1. The third-order valence-electron chi connectivity index (χ3n) is 2.72. The number of rotatable bonds is 5.